The van der Waals surface area contributed by atoms with Gasteiger partial charge in [-0.1, -0.05) is 11.6 Å². The van der Waals surface area contributed by atoms with Gasteiger partial charge < -0.3 is 38.7 Å². The lowest BCUT2D eigenvalue weighted by Crippen LogP contribution is -2.43. The summed E-state index contributed by atoms with van der Waals surface area (Å²) in [6, 6.07) is 1.77. The summed E-state index contributed by atoms with van der Waals surface area (Å²) in [4.78, 5) is 20.5. The van der Waals surface area contributed by atoms with E-state index in [0.717, 1.165) is 38.5 Å². The van der Waals surface area contributed by atoms with Crippen molar-refractivity contribution in [2.45, 2.75) is 82.6 Å². The van der Waals surface area contributed by atoms with Crippen molar-refractivity contribution in [3.63, 3.8) is 0 Å². The minimum atomic E-state index is -0.788. The highest BCUT2D eigenvalue weighted by Crippen LogP contribution is 2.38. The first kappa shape index (κ1) is 24.7. The topological polar surface area (TPSA) is 129 Å². The molecular weight excluding hydrogens is 480 g/mol. The van der Waals surface area contributed by atoms with Crippen molar-refractivity contribution in [1.82, 2.24) is 14.5 Å². The molecule has 3 saturated heterocycles. The maximum absolute atomic E-state index is 12.1. The van der Waals surface area contributed by atoms with Gasteiger partial charge in [-0.15, -0.1) is 0 Å². The number of fused-ring (bicyclic) bond motifs is 1. The zero-order valence-corrected chi connectivity index (χ0v) is 20.4. The number of halogens is 1. The normalized spacial score (nSPS) is 31.6. The van der Waals surface area contributed by atoms with Crippen molar-refractivity contribution in [2.75, 3.05) is 25.6 Å². The van der Waals surface area contributed by atoms with Gasteiger partial charge in [0.15, 0.2) is 24.9 Å². The van der Waals surface area contributed by atoms with E-state index >= 15 is 0 Å². The fourth-order valence-corrected chi connectivity index (χ4v) is 5.04. The van der Waals surface area contributed by atoms with E-state index in [1.54, 1.807) is 16.8 Å². The molecule has 3 aliphatic rings. The van der Waals surface area contributed by atoms with E-state index in [2.05, 4.69) is 9.97 Å². The van der Waals surface area contributed by atoms with Crippen LogP contribution >= 0.6 is 11.6 Å². The molecule has 2 aromatic rings. The van der Waals surface area contributed by atoms with E-state index in [1.807, 2.05) is 0 Å². The molecule has 3 fully saturated rings. The number of hydrogen-bond acceptors (Lipinski definition) is 10. The molecule has 0 bridgehead atoms. The van der Waals surface area contributed by atoms with Crippen molar-refractivity contribution in [3.8, 4) is 0 Å². The van der Waals surface area contributed by atoms with Gasteiger partial charge in [0.05, 0.1) is 12.0 Å². The average molecular weight is 511 g/mol. The number of nitrogens with two attached hydrogens (primary N) is 1. The number of aromatic nitrogens is 3. The van der Waals surface area contributed by atoms with Crippen LogP contribution in [0.1, 0.15) is 51.7 Å². The van der Waals surface area contributed by atoms with Crippen molar-refractivity contribution >= 4 is 34.6 Å². The Kier molecular flexibility index (Phi) is 7.71. The Hall–Kier alpha value is -2.02. The Morgan fingerprint density at radius 2 is 1.89 bits per heavy atom. The quantitative estimate of drug-likeness (QED) is 0.438. The zero-order valence-electron chi connectivity index (χ0n) is 19.6. The van der Waals surface area contributed by atoms with Gasteiger partial charge in [0.2, 0.25) is 5.95 Å². The fraction of sp³-hybridized carbons (Fsp3) is 0.696. The summed E-state index contributed by atoms with van der Waals surface area (Å²) in [6.45, 7) is 2.85. The highest BCUT2D eigenvalue weighted by Gasteiger charge is 2.50. The van der Waals surface area contributed by atoms with Gasteiger partial charge in [-0.3, -0.25) is 4.79 Å². The molecule has 3 aliphatic heterocycles. The van der Waals surface area contributed by atoms with Gasteiger partial charge in [0, 0.05) is 26.3 Å². The Labute approximate surface area is 208 Å². The molecule has 0 aliphatic carbocycles. The second kappa shape index (κ2) is 10.9. The predicted octanol–water partition coefficient (Wildman–Crippen LogP) is 2.95. The summed E-state index contributed by atoms with van der Waals surface area (Å²) in [5.74, 6) is -0.426. The first-order chi connectivity index (χ1) is 17.0. The van der Waals surface area contributed by atoms with Gasteiger partial charge in [0.1, 0.15) is 23.0 Å². The summed E-state index contributed by atoms with van der Waals surface area (Å²) in [5, 5.41) is 0.834. The van der Waals surface area contributed by atoms with Gasteiger partial charge >= 0.3 is 5.97 Å². The molecule has 2 unspecified atom stereocenters. The van der Waals surface area contributed by atoms with Crippen LogP contribution in [0.25, 0.3) is 11.0 Å². The number of anilines is 1. The molecule has 35 heavy (non-hydrogen) atoms. The second-order valence-electron chi connectivity index (χ2n) is 9.00. The number of ether oxygens (including phenoxy) is 6. The van der Waals surface area contributed by atoms with Crippen LogP contribution in [0.15, 0.2) is 12.3 Å². The van der Waals surface area contributed by atoms with Crippen LogP contribution in [0.5, 0.6) is 0 Å². The summed E-state index contributed by atoms with van der Waals surface area (Å²) >= 11 is 6.28. The van der Waals surface area contributed by atoms with Crippen LogP contribution in [0, 0.1) is 0 Å². The van der Waals surface area contributed by atoms with Crippen molar-refractivity contribution in [1.29, 1.82) is 0 Å². The molecule has 0 saturated carbocycles. The molecule has 2 aromatic heterocycles. The lowest BCUT2D eigenvalue weighted by Gasteiger charge is -2.31. The number of hydrogen-bond donors (Lipinski definition) is 1. The van der Waals surface area contributed by atoms with Crippen molar-refractivity contribution in [3.05, 3.63) is 17.4 Å². The average Bonchev–Trinajstić information content (AvgIpc) is 3.40. The first-order valence-corrected chi connectivity index (χ1v) is 12.5. The van der Waals surface area contributed by atoms with Gasteiger partial charge in [-0.05, 0) is 44.6 Å². The summed E-state index contributed by atoms with van der Waals surface area (Å²) < 4.78 is 37.9. The Morgan fingerprint density at radius 1 is 1.14 bits per heavy atom. The number of carbonyl (C=O) groups is 1. The Bertz CT molecular complexity index is 1020. The molecule has 0 amide bonds. The molecule has 0 aromatic carbocycles. The van der Waals surface area contributed by atoms with E-state index in [0.29, 0.717) is 24.2 Å². The molecule has 2 N–H and O–H groups in total. The molecule has 192 valence electrons. The van der Waals surface area contributed by atoms with E-state index < -0.39 is 36.8 Å². The smallest absolute Gasteiger partial charge is 0.303 e. The molecule has 11 nitrogen and oxygen atoms in total. The third kappa shape index (κ3) is 5.55. The number of carbonyl (C=O) groups excluding carboxylic acids is 1. The molecule has 5 heterocycles. The maximum atomic E-state index is 12.1. The van der Waals surface area contributed by atoms with Crippen LogP contribution in [0.4, 0.5) is 5.95 Å². The first-order valence-electron chi connectivity index (χ1n) is 12.1. The highest BCUT2D eigenvalue weighted by atomic mass is 35.5. The summed E-state index contributed by atoms with van der Waals surface area (Å²) in [5.41, 5.74) is 6.32. The minimum absolute atomic E-state index is 0.0298. The van der Waals surface area contributed by atoms with Crippen molar-refractivity contribution in [2.24, 2.45) is 0 Å². The number of nitrogens with zero attached hydrogens (tertiary/aromatic N) is 3. The van der Waals surface area contributed by atoms with Crippen molar-refractivity contribution < 1.29 is 33.2 Å². The van der Waals surface area contributed by atoms with E-state index in [4.69, 9.17) is 45.8 Å². The van der Waals surface area contributed by atoms with Gasteiger partial charge in [-0.25, -0.2) is 4.98 Å². The molecule has 6 atom stereocenters. The molecule has 0 radical (unpaired) electrons. The predicted molar refractivity (Wildman–Crippen MR) is 124 cm³/mol. The van der Waals surface area contributed by atoms with Crippen LogP contribution in [0.2, 0.25) is 5.15 Å². The lowest BCUT2D eigenvalue weighted by molar-refractivity contribution is -0.225. The largest absolute Gasteiger partial charge is 0.455 e. The fourth-order valence-electron chi connectivity index (χ4n) is 4.80. The van der Waals surface area contributed by atoms with Crippen LogP contribution in [-0.4, -0.2) is 71.2 Å². The molecule has 5 rings (SSSR count). The summed E-state index contributed by atoms with van der Waals surface area (Å²) in [7, 11) is 0. The highest BCUT2D eigenvalue weighted by molar-refractivity contribution is 6.34. The number of nitrogen functional groups attached to an aromatic ring is 1. The number of esters is 1. The molecule has 0 spiro atoms. The SMILES string of the molecule is CC(=O)O[C@H]1[C@H](OC2CCCCO2)[C@@H](COC2CCCCO2)O[C@H]1n1ccc2c(Cl)nc(N)nc21. The third-order valence-electron chi connectivity index (χ3n) is 6.44. The van der Waals surface area contributed by atoms with Gasteiger partial charge in [0.25, 0.3) is 0 Å². The number of rotatable bonds is 7. The summed E-state index contributed by atoms with van der Waals surface area (Å²) in [6.07, 6.45) is 3.92. The zero-order chi connectivity index (χ0) is 24.4. The van der Waals surface area contributed by atoms with E-state index in [1.165, 1.54) is 6.92 Å². The van der Waals surface area contributed by atoms with Gasteiger partial charge in [-0.2, -0.15) is 4.98 Å². The standard InChI is InChI=1S/C23H31ClN4O7/c1-13(29)33-19-18(35-17-7-3-5-11-31-17)15(12-32-16-6-2-4-10-30-16)34-22(19)28-9-8-14-20(24)26-23(25)27-21(14)28/h8-9,15-19,22H,2-7,10-12H2,1H3,(H2,25,26,27)/t15-,16?,17?,18-,19+,22-/m1/s1. The van der Waals surface area contributed by atoms with Crippen LogP contribution in [0.3, 0.4) is 0 Å². The Morgan fingerprint density at radius 3 is 2.57 bits per heavy atom. The maximum Gasteiger partial charge on any atom is 0.303 e. The third-order valence-corrected chi connectivity index (χ3v) is 6.72. The monoisotopic (exact) mass is 510 g/mol. The molecule has 12 heteroatoms. The van der Waals surface area contributed by atoms with Crippen LogP contribution in [-0.2, 0) is 33.2 Å². The Balaban J connectivity index is 1.45. The van der Waals surface area contributed by atoms with E-state index in [9.17, 15) is 4.79 Å². The minimum Gasteiger partial charge on any atom is -0.455 e. The lowest BCUT2D eigenvalue weighted by atomic mass is 10.1. The van der Waals surface area contributed by atoms with E-state index in [-0.39, 0.29) is 24.0 Å². The van der Waals surface area contributed by atoms with Crippen LogP contribution < -0.4 is 5.73 Å². The second-order valence-corrected chi connectivity index (χ2v) is 9.36. The molecular formula is C23H31ClN4O7.